The maximum atomic E-state index is 13.7. The van der Waals surface area contributed by atoms with Crippen LogP contribution in [0.1, 0.15) is 26.2 Å². The van der Waals surface area contributed by atoms with Crippen molar-refractivity contribution in [1.29, 1.82) is 0 Å². The molecule has 0 radical (unpaired) electrons. The number of rotatable bonds is 3. The first kappa shape index (κ1) is 13.6. The van der Waals surface area contributed by atoms with Gasteiger partial charge in [-0.05, 0) is 25.0 Å². The van der Waals surface area contributed by atoms with Crippen molar-refractivity contribution in [3.05, 3.63) is 29.8 Å². The monoisotopic (exact) mass is 267 g/mol. The lowest BCUT2D eigenvalue weighted by molar-refractivity contribution is -0.133. The zero-order valence-corrected chi connectivity index (χ0v) is 10.7. The summed E-state index contributed by atoms with van der Waals surface area (Å²) >= 11 is 0. The Morgan fingerprint density at radius 2 is 2.16 bits per heavy atom. The Labute approximate surface area is 110 Å². The quantitative estimate of drug-likeness (QED) is 0.790. The van der Waals surface area contributed by atoms with Gasteiger partial charge in [-0.2, -0.15) is 0 Å². The van der Waals surface area contributed by atoms with E-state index >= 15 is 0 Å². The second kappa shape index (κ2) is 5.47. The number of ketones is 1. The summed E-state index contributed by atoms with van der Waals surface area (Å²) in [4.78, 5) is 25.1. The van der Waals surface area contributed by atoms with E-state index in [-0.39, 0.29) is 23.8 Å². The zero-order valence-electron chi connectivity index (χ0n) is 10.7. The van der Waals surface area contributed by atoms with Crippen LogP contribution in [0.15, 0.2) is 18.2 Å². The second-order valence-corrected chi connectivity index (χ2v) is 4.60. The summed E-state index contributed by atoms with van der Waals surface area (Å²) in [5, 5.41) is 0. The fourth-order valence-electron chi connectivity index (χ4n) is 2.36. The lowest BCUT2D eigenvalue weighted by Gasteiger charge is -2.31. The van der Waals surface area contributed by atoms with E-state index in [1.165, 1.54) is 11.0 Å². The number of hydrogen-bond acceptors (Lipinski definition) is 2. The Balaban J connectivity index is 2.29. The third kappa shape index (κ3) is 2.64. The first-order valence-corrected chi connectivity index (χ1v) is 6.33. The topological polar surface area (TPSA) is 37.4 Å². The molecule has 1 aliphatic heterocycles. The van der Waals surface area contributed by atoms with Gasteiger partial charge in [0.2, 0.25) is 5.91 Å². The summed E-state index contributed by atoms with van der Waals surface area (Å²) in [5.41, 5.74) is 0.0417. The van der Waals surface area contributed by atoms with E-state index in [2.05, 4.69) is 0 Å². The summed E-state index contributed by atoms with van der Waals surface area (Å²) in [6.45, 7) is 2.06. The average molecular weight is 267 g/mol. The van der Waals surface area contributed by atoms with Crippen LogP contribution in [-0.2, 0) is 9.59 Å². The lowest BCUT2D eigenvalue weighted by atomic mass is 9.91. The number of nitrogens with zero attached hydrogens (tertiary/aromatic N) is 1. The van der Waals surface area contributed by atoms with Crippen molar-refractivity contribution in [2.75, 3.05) is 11.4 Å². The van der Waals surface area contributed by atoms with Gasteiger partial charge < -0.3 is 4.90 Å². The highest BCUT2D eigenvalue weighted by Gasteiger charge is 2.34. The van der Waals surface area contributed by atoms with Crippen LogP contribution in [0.4, 0.5) is 14.5 Å². The van der Waals surface area contributed by atoms with Gasteiger partial charge in [0.1, 0.15) is 17.4 Å². The molecule has 1 atom stereocenters. The van der Waals surface area contributed by atoms with Crippen molar-refractivity contribution in [1.82, 2.24) is 0 Å². The van der Waals surface area contributed by atoms with Crippen molar-refractivity contribution < 1.29 is 18.4 Å². The number of hydrogen-bond donors (Lipinski definition) is 0. The highest BCUT2D eigenvalue weighted by Crippen LogP contribution is 2.28. The largest absolute Gasteiger partial charge is 0.309 e. The van der Waals surface area contributed by atoms with E-state index in [0.717, 1.165) is 12.1 Å². The number of piperidine rings is 1. The molecule has 1 aliphatic rings. The van der Waals surface area contributed by atoms with Crippen molar-refractivity contribution in [2.45, 2.75) is 26.2 Å². The maximum Gasteiger partial charge on any atom is 0.237 e. The van der Waals surface area contributed by atoms with Gasteiger partial charge in [0, 0.05) is 19.0 Å². The van der Waals surface area contributed by atoms with Gasteiger partial charge in [0.15, 0.2) is 0 Å². The van der Waals surface area contributed by atoms with Crippen LogP contribution in [0.3, 0.4) is 0 Å². The number of Topliss-reactive ketones (excluding diaryl/α,β-unsaturated/α-hetero) is 1. The molecule has 1 aromatic carbocycles. The smallest absolute Gasteiger partial charge is 0.237 e. The summed E-state index contributed by atoms with van der Waals surface area (Å²) in [5.74, 6) is -2.67. The molecule has 1 heterocycles. The van der Waals surface area contributed by atoms with Gasteiger partial charge in [-0.15, -0.1) is 0 Å². The van der Waals surface area contributed by atoms with Gasteiger partial charge in [-0.3, -0.25) is 9.59 Å². The number of carbonyl (C=O) groups is 2. The van der Waals surface area contributed by atoms with Gasteiger partial charge in [-0.25, -0.2) is 8.78 Å². The molecule has 0 aromatic heterocycles. The van der Waals surface area contributed by atoms with E-state index in [1.54, 1.807) is 6.92 Å². The summed E-state index contributed by atoms with van der Waals surface area (Å²) in [6, 6.07) is 3.09. The molecule has 0 N–H and O–H groups in total. The standard InChI is InChI=1S/C14H15F2NO2/c1-2-13(18)10-4-3-7-17(14(10)19)12-6-5-9(15)8-11(12)16/h5-6,8,10H,2-4,7H2,1H3/t10-/m1/s1. The van der Waals surface area contributed by atoms with Crippen LogP contribution in [0.5, 0.6) is 0 Å². The minimum absolute atomic E-state index is 0.0417. The van der Waals surface area contributed by atoms with Gasteiger partial charge in [0.25, 0.3) is 0 Å². The molecule has 3 nitrogen and oxygen atoms in total. The number of anilines is 1. The molecule has 1 saturated heterocycles. The highest BCUT2D eigenvalue weighted by atomic mass is 19.1. The van der Waals surface area contributed by atoms with E-state index in [1.807, 2.05) is 0 Å². The normalized spacial score (nSPS) is 19.6. The number of halogens is 2. The van der Waals surface area contributed by atoms with E-state index in [0.29, 0.717) is 19.4 Å². The Hall–Kier alpha value is -1.78. The molecule has 0 saturated carbocycles. The van der Waals surface area contributed by atoms with E-state index in [4.69, 9.17) is 0 Å². The summed E-state index contributed by atoms with van der Waals surface area (Å²) in [7, 11) is 0. The van der Waals surface area contributed by atoms with Crippen LogP contribution >= 0.6 is 0 Å². The Bertz CT molecular complexity index is 516. The van der Waals surface area contributed by atoms with Gasteiger partial charge in [0.05, 0.1) is 11.6 Å². The minimum Gasteiger partial charge on any atom is -0.309 e. The molecule has 19 heavy (non-hydrogen) atoms. The van der Waals surface area contributed by atoms with Gasteiger partial charge in [-0.1, -0.05) is 6.92 Å². The lowest BCUT2D eigenvalue weighted by Crippen LogP contribution is -2.44. The molecular weight excluding hydrogens is 252 g/mol. The van der Waals surface area contributed by atoms with Crippen molar-refractivity contribution in [3.63, 3.8) is 0 Å². The number of benzene rings is 1. The molecule has 0 spiro atoms. The molecule has 1 amide bonds. The van der Waals surface area contributed by atoms with Crippen LogP contribution in [-0.4, -0.2) is 18.2 Å². The zero-order chi connectivity index (χ0) is 14.0. The fourth-order valence-corrected chi connectivity index (χ4v) is 2.36. The SMILES string of the molecule is CCC(=O)[C@H]1CCCN(c2ccc(F)cc2F)C1=O. The van der Waals surface area contributed by atoms with Crippen LogP contribution in [0.2, 0.25) is 0 Å². The first-order chi connectivity index (χ1) is 9.04. The molecule has 1 aromatic rings. The van der Waals surface area contributed by atoms with Gasteiger partial charge >= 0.3 is 0 Å². The summed E-state index contributed by atoms with van der Waals surface area (Å²) in [6.07, 6.45) is 1.43. The van der Waals surface area contributed by atoms with E-state index in [9.17, 15) is 18.4 Å². The molecule has 1 fully saturated rings. The van der Waals surface area contributed by atoms with E-state index < -0.39 is 17.6 Å². The molecule has 2 rings (SSSR count). The van der Waals surface area contributed by atoms with Crippen LogP contribution < -0.4 is 4.90 Å². The van der Waals surface area contributed by atoms with Crippen molar-refractivity contribution >= 4 is 17.4 Å². The highest BCUT2D eigenvalue weighted by molar-refractivity contribution is 6.08. The third-order valence-corrected chi connectivity index (χ3v) is 3.38. The maximum absolute atomic E-state index is 13.7. The molecule has 0 bridgehead atoms. The molecule has 0 aliphatic carbocycles. The molecule has 0 unspecified atom stereocenters. The molecule has 102 valence electrons. The molecular formula is C14H15F2NO2. The Morgan fingerprint density at radius 1 is 1.42 bits per heavy atom. The average Bonchev–Trinajstić information content (AvgIpc) is 2.39. The third-order valence-electron chi connectivity index (χ3n) is 3.38. The van der Waals surface area contributed by atoms with Crippen LogP contribution in [0, 0.1) is 17.6 Å². The predicted molar refractivity (Wildman–Crippen MR) is 66.7 cm³/mol. The first-order valence-electron chi connectivity index (χ1n) is 6.33. The number of amides is 1. The van der Waals surface area contributed by atoms with Crippen molar-refractivity contribution in [2.24, 2.45) is 5.92 Å². The predicted octanol–water partition coefficient (Wildman–Crippen LogP) is 2.69. The Kier molecular flexibility index (Phi) is 3.93. The Morgan fingerprint density at radius 3 is 2.79 bits per heavy atom. The second-order valence-electron chi connectivity index (χ2n) is 4.60. The van der Waals surface area contributed by atoms with Crippen LogP contribution in [0.25, 0.3) is 0 Å². The summed E-state index contributed by atoms with van der Waals surface area (Å²) < 4.78 is 26.6. The minimum atomic E-state index is -0.780. The molecule has 5 heteroatoms. The van der Waals surface area contributed by atoms with Crippen molar-refractivity contribution in [3.8, 4) is 0 Å². The number of carbonyl (C=O) groups excluding carboxylic acids is 2. The fraction of sp³-hybridized carbons (Fsp3) is 0.429.